The SMILES string of the molecule is CCOC1CCN(C2(CN)CCCC2)CC1. The predicted molar refractivity (Wildman–Crippen MR) is 66.5 cm³/mol. The van der Waals surface area contributed by atoms with Crippen LogP contribution in [0.4, 0.5) is 0 Å². The van der Waals surface area contributed by atoms with Crippen LogP contribution in [0.15, 0.2) is 0 Å². The molecular formula is C13H26N2O. The molecule has 1 saturated heterocycles. The van der Waals surface area contributed by atoms with Gasteiger partial charge >= 0.3 is 0 Å². The fraction of sp³-hybridized carbons (Fsp3) is 1.00. The van der Waals surface area contributed by atoms with E-state index in [0.717, 1.165) is 13.2 Å². The Morgan fingerprint density at radius 3 is 2.38 bits per heavy atom. The van der Waals surface area contributed by atoms with Crippen molar-refractivity contribution in [3.8, 4) is 0 Å². The molecule has 0 unspecified atom stereocenters. The Hall–Kier alpha value is -0.120. The normalized spacial score (nSPS) is 27.4. The molecule has 1 aliphatic carbocycles. The molecule has 2 fully saturated rings. The molecule has 0 spiro atoms. The molecule has 0 radical (unpaired) electrons. The molecule has 1 aliphatic heterocycles. The molecule has 0 aromatic carbocycles. The first-order valence-corrected chi connectivity index (χ1v) is 6.87. The molecule has 16 heavy (non-hydrogen) atoms. The molecule has 0 amide bonds. The van der Waals surface area contributed by atoms with E-state index < -0.39 is 0 Å². The first kappa shape index (κ1) is 12.3. The third kappa shape index (κ3) is 2.41. The summed E-state index contributed by atoms with van der Waals surface area (Å²) in [4.78, 5) is 2.65. The second kappa shape index (κ2) is 5.48. The lowest BCUT2D eigenvalue weighted by atomic mass is 9.92. The van der Waals surface area contributed by atoms with Gasteiger partial charge in [-0.3, -0.25) is 4.90 Å². The number of ether oxygens (including phenoxy) is 1. The summed E-state index contributed by atoms with van der Waals surface area (Å²) in [5.41, 5.74) is 6.36. The highest BCUT2D eigenvalue weighted by molar-refractivity contribution is 4.97. The van der Waals surface area contributed by atoms with Crippen LogP contribution in [0.1, 0.15) is 45.4 Å². The molecule has 1 heterocycles. The van der Waals surface area contributed by atoms with Gasteiger partial charge in [0.1, 0.15) is 0 Å². The van der Waals surface area contributed by atoms with Crippen LogP contribution < -0.4 is 5.73 Å². The highest BCUT2D eigenvalue weighted by Gasteiger charge is 2.39. The monoisotopic (exact) mass is 226 g/mol. The van der Waals surface area contributed by atoms with Gasteiger partial charge in [-0.05, 0) is 32.6 Å². The topological polar surface area (TPSA) is 38.5 Å². The van der Waals surface area contributed by atoms with Gasteiger partial charge in [-0.15, -0.1) is 0 Å². The lowest BCUT2D eigenvalue weighted by Crippen LogP contribution is -2.55. The molecule has 1 saturated carbocycles. The molecule has 94 valence electrons. The van der Waals surface area contributed by atoms with E-state index in [0.29, 0.717) is 11.6 Å². The van der Waals surface area contributed by atoms with E-state index in [1.54, 1.807) is 0 Å². The van der Waals surface area contributed by atoms with Crippen LogP contribution in [-0.2, 0) is 4.74 Å². The smallest absolute Gasteiger partial charge is 0.0599 e. The van der Waals surface area contributed by atoms with E-state index in [2.05, 4.69) is 11.8 Å². The van der Waals surface area contributed by atoms with Crippen molar-refractivity contribution in [3.05, 3.63) is 0 Å². The van der Waals surface area contributed by atoms with E-state index in [1.807, 2.05) is 0 Å². The Balaban J connectivity index is 1.87. The van der Waals surface area contributed by atoms with Crippen LogP contribution in [-0.4, -0.2) is 42.8 Å². The zero-order chi connectivity index (χ0) is 11.4. The summed E-state index contributed by atoms with van der Waals surface area (Å²) >= 11 is 0. The van der Waals surface area contributed by atoms with Gasteiger partial charge in [0.05, 0.1) is 6.10 Å². The second-order valence-electron chi connectivity index (χ2n) is 5.28. The van der Waals surface area contributed by atoms with Crippen LogP contribution in [0, 0.1) is 0 Å². The summed E-state index contributed by atoms with van der Waals surface area (Å²) in [6, 6.07) is 0. The summed E-state index contributed by atoms with van der Waals surface area (Å²) in [5.74, 6) is 0. The second-order valence-corrected chi connectivity index (χ2v) is 5.28. The highest BCUT2D eigenvalue weighted by Crippen LogP contribution is 2.36. The Morgan fingerprint density at radius 2 is 1.88 bits per heavy atom. The van der Waals surface area contributed by atoms with Crippen LogP contribution in [0.2, 0.25) is 0 Å². The Labute approximate surface area is 99.3 Å². The quantitative estimate of drug-likeness (QED) is 0.794. The van der Waals surface area contributed by atoms with Gasteiger partial charge in [-0.1, -0.05) is 12.8 Å². The Morgan fingerprint density at radius 1 is 1.25 bits per heavy atom. The molecule has 0 bridgehead atoms. The van der Waals surface area contributed by atoms with Crippen LogP contribution >= 0.6 is 0 Å². The van der Waals surface area contributed by atoms with Gasteiger partial charge in [0.15, 0.2) is 0 Å². The lowest BCUT2D eigenvalue weighted by Gasteiger charge is -2.44. The van der Waals surface area contributed by atoms with E-state index >= 15 is 0 Å². The average molecular weight is 226 g/mol. The van der Waals surface area contributed by atoms with Gasteiger partial charge < -0.3 is 10.5 Å². The third-order valence-electron chi connectivity index (χ3n) is 4.43. The molecule has 2 aliphatic rings. The van der Waals surface area contributed by atoms with Crippen molar-refractivity contribution in [3.63, 3.8) is 0 Å². The molecule has 3 heteroatoms. The Bertz CT molecular complexity index is 206. The minimum Gasteiger partial charge on any atom is -0.378 e. The minimum atomic E-state index is 0.344. The number of piperidine rings is 1. The molecule has 2 N–H and O–H groups in total. The molecular weight excluding hydrogens is 200 g/mol. The maximum absolute atomic E-state index is 6.02. The van der Waals surface area contributed by atoms with Crippen molar-refractivity contribution in [2.24, 2.45) is 5.73 Å². The number of hydrogen-bond donors (Lipinski definition) is 1. The van der Waals surface area contributed by atoms with E-state index in [9.17, 15) is 0 Å². The number of hydrogen-bond acceptors (Lipinski definition) is 3. The van der Waals surface area contributed by atoms with E-state index in [-0.39, 0.29) is 0 Å². The molecule has 0 atom stereocenters. The first-order chi connectivity index (χ1) is 7.80. The zero-order valence-electron chi connectivity index (χ0n) is 10.6. The maximum Gasteiger partial charge on any atom is 0.0599 e. The van der Waals surface area contributed by atoms with Gasteiger partial charge in [0.25, 0.3) is 0 Å². The minimum absolute atomic E-state index is 0.344. The van der Waals surface area contributed by atoms with Crippen LogP contribution in [0.25, 0.3) is 0 Å². The fourth-order valence-corrected chi connectivity index (χ4v) is 3.42. The van der Waals surface area contributed by atoms with Gasteiger partial charge in [0, 0.05) is 31.8 Å². The molecule has 0 aromatic heterocycles. The van der Waals surface area contributed by atoms with Crippen molar-refractivity contribution < 1.29 is 4.74 Å². The van der Waals surface area contributed by atoms with Crippen LogP contribution in [0.3, 0.4) is 0 Å². The number of nitrogens with zero attached hydrogens (tertiary/aromatic N) is 1. The zero-order valence-corrected chi connectivity index (χ0v) is 10.6. The number of nitrogens with two attached hydrogens (primary N) is 1. The first-order valence-electron chi connectivity index (χ1n) is 6.87. The Kier molecular flexibility index (Phi) is 4.22. The van der Waals surface area contributed by atoms with Crippen molar-refractivity contribution in [1.29, 1.82) is 0 Å². The molecule has 2 rings (SSSR count). The summed E-state index contributed by atoms with van der Waals surface area (Å²) in [5, 5.41) is 0. The van der Waals surface area contributed by atoms with Crippen molar-refractivity contribution in [1.82, 2.24) is 4.90 Å². The van der Waals surface area contributed by atoms with Crippen LogP contribution in [0.5, 0.6) is 0 Å². The summed E-state index contributed by atoms with van der Waals surface area (Å²) in [7, 11) is 0. The van der Waals surface area contributed by atoms with Gasteiger partial charge in [0.2, 0.25) is 0 Å². The van der Waals surface area contributed by atoms with E-state index in [1.165, 1.54) is 51.6 Å². The summed E-state index contributed by atoms with van der Waals surface area (Å²) in [6.45, 7) is 6.15. The molecule has 0 aromatic rings. The van der Waals surface area contributed by atoms with Crippen molar-refractivity contribution in [2.45, 2.75) is 57.1 Å². The standard InChI is InChI=1S/C13H26N2O/c1-2-16-12-5-9-15(10-6-12)13(11-14)7-3-4-8-13/h12H,2-11,14H2,1H3. The number of rotatable bonds is 4. The van der Waals surface area contributed by atoms with Gasteiger partial charge in [-0.2, -0.15) is 0 Å². The summed E-state index contributed by atoms with van der Waals surface area (Å²) in [6.07, 6.45) is 8.22. The largest absolute Gasteiger partial charge is 0.378 e. The highest BCUT2D eigenvalue weighted by atomic mass is 16.5. The van der Waals surface area contributed by atoms with Crippen molar-refractivity contribution in [2.75, 3.05) is 26.2 Å². The lowest BCUT2D eigenvalue weighted by molar-refractivity contribution is -0.0167. The third-order valence-corrected chi connectivity index (χ3v) is 4.43. The van der Waals surface area contributed by atoms with Gasteiger partial charge in [-0.25, -0.2) is 0 Å². The predicted octanol–water partition coefficient (Wildman–Crippen LogP) is 1.76. The fourth-order valence-electron chi connectivity index (χ4n) is 3.42. The van der Waals surface area contributed by atoms with E-state index in [4.69, 9.17) is 10.5 Å². The number of likely N-dealkylation sites (tertiary alicyclic amines) is 1. The summed E-state index contributed by atoms with van der Waals surface area (Å²) < 4.78 is 5.70. The molecule has 3 nitrogen and oxygen atoms in total. The maximum atomic E-state index is 6.02. The van der Waals surface area contributed by atoms with Crippen molar-refractivity contribution >= 4 is 0 Å². The average Bonchev–Trinajstić information content (AvgIpc) is 2.80.